The second kappa shape index (κ2) is 4.99. The standard InChI is InChI=1S/C7H15N3O2S2/c1-6-5-13-7(10-6)8-3-4-9-14(2,11)12/h6,9H,3-5H2,1-2H3,(H,8,10). The third kappa shape index (κ3) is 4.83. The van der Waals surface area contributed by atoms with Gasteiger partial charge in [0.1, 0.15) is 0 Å². The number of nitrogens with zero attached hydrogens (tertiary/aromatic N) is 1. The molecule has 1 fully saturated rings. The lowest BCUT2D eigenvalue weighted by molar-refractivity contribution is 0.588. The van der Waals surface area contributed by atoms with Crippen LogP contribution in [0, 0.1) is 0 Å². The molecule has 0 saturated carbocycles. The summed E-state index contributed by atoms with van der Waals surface area (Å²) in [6.07, 6.45) is 1.14. The second-order valence-corrected chi connectivity index (χ2v) is 6.05. The Labute approximate surface area is 88.8 Å². The minimum atomic E-state index is -3.08. The predicted molar refractivity (Wildman–Crippen MR) is 60.2 cm³/mol. The first-order valence-corrected chi connectivity index (χ1v) is 7.23. The lowest BCUT2D eigenvalue weighted by Crippen LogP contribution is -2.26. The maximum absolute atomic E-state index is 10.7. The summed E-state index contributed by atoms with van der Waals surface area (Å²) in [6, 6.07) is 0.460. The van der Waals surface area contributed by atoms with E-state index in [-0.39, 0.29) is 0 Å². The second-order valence-electron chi connectivity index (χ2n) is 3.21. The maximum atomic E-state index is 10.7. The van der Waals surface area contributed by atoms with Crippen molar-refractivity contribution in [3.05, 3.63) is 0 Å². The zero-order chi connectivity index (χ0) is 10.6. The first kappa shape index (κ1) is 11.8. The van der Waals surface area contributed by atoms with E-state index in [2.05, 4.69) is 22.0 Å². The zero-order valence-electron chi connectivity index (χ0n) is 8.28. The Morgan fingerprint density at radius 3 is 2.93 bits per heavy atom. The highest BCUT2D eigenvalue weighted by Gasteiger charge is 2.14. The Morgan fingerprint density at radius 1 is 1.71 bits per heavy atom. The van der Waals surface area contributed by atoms with Crippen LogP contribution in [-0.2, 0) is 10.0 Å². The molecule has 0 spiro atoms. The van der Waals surface area contributed by atoms with Gasteiger partial charge >= 0.3 is 0 Å². The summed E-state index contributed by atoms with van der Waals surface area (Å²) >= 11 is 1.67. The van der Waals surface area contributed by atoms with Gasteiger partial charge in [-0.2, -0.15) is 0 Å². The number of thioether (sulfide) groups is 1. The zero-order valence-corrected chi connectivity index (χ0v) is 9.91. The van der Waals surface area contributed by atoms with Crippen LogP contribution in [0.5, 0.6) is 0 Å². The van der Waals surface area contributed by atoms with E-state index in [0.29, 0.717) is 19.1 Å². The van der Waals surface area contributed by atoms with Gasteiger partial charge in [-0.25, -0.2) is 13.1 Å². The van der Waals surface area contributed by atoms with Crippen molar-refractivity contribution in [2.24, 2.45) is 4.99 Å². The van der Waals surface area contributed by atoms with Crippen molar-refractivity contribution in [3.63, 3.8) is 0 Å². The minimum absolute atomic E-state index is 0.360. The van der Waals surface area contributed by atoms with Crippen molar-refractivity contribution >= 4 is 27.0 Å². The van der Waals surface area contributed by atoms with Gasteiger partial charge in [0.2, 0.25) is 10.0 Å². The quantitative estimate of drug-likeness (QED) is 0.654. The van der Waals surface area contributed by atoms with Crippen LogP contribution in [-0.4, -0.2) is 44.7 Å². The van der Waals surface area contributed by atoms with Crippen LogP contribution in [0.25, 0.3) is 0 Å². The molecule has 82 valence electrons. The number of aliphatic imine (C=N–C) groups is 1. The van der Waals surface area contributed by atoms with Crippen LogP contribution in [0.2, 0.25) is 0 Å². The van der Waals surface area contributed by atoms with E-state index >= 15 is 0 Å². The molecule has 0 aromatic carbocycles. The molecule has 1 heterocycles. The highest BCUT2D eigenvalue weighted by atomic mass is 32.2. The van der Waals surface area contributed by atoms with Crippen molar-refractivity contribution < 1.29 is 8.42 Å². The summed E-state index contributed by atoms with van der Waals surface area (Å²) in [4.78, 5) is 4.22. The summed E-state index contributed by atoms with van der Waals surface area (Å²) in [5.41, 5.74) is 0. The molecule has 0 aromatic heterocycles. The molecule has 0 amide bonds. The number of rotatable bonds is 4. The van der Waals surface area contributed by atoms with Crippen molar-refractivity contribution in [1.29, 1.82) is 0 Å². The molecule has 1 aliphatic rings. The molecule has 1 unspecified atom stereocenters. The Bertz CT molecular complexity index is 313. The van der Waals surface area contributed by atoms with E-state index < -0.39 is 10.0 Å². The fourth-order valence-corrected chi connectivity index (χ4v) is 2.40. The summed E-state index contributed by atoms with van der Waals surface area (Å²) in [5.74, 6) is 1.03. The monoisotopic (exact) mass is 237 g/mol. The summed E-state index contributed by atoms with van der Waals surface area (Å²) in [5, 5.41) is 4.10. The molecule has 1 saturated heterocycles. The van der Waals surface area contributed by atoms with Gasteiger partial charge in [-0.15, -0.1) is 0 Å². The minimum Gasteiger partial charge on any atom is -0.362 e. The smallest absolute Gasteiger partial charge is 0.208 e. The fraction of sp³-hybridized carbons (Fsp3) is 0.857. The molecule has 0 radical (unpaired) electrons. The van der Waals surface area contributed by atoms with Crippen LogP contribution in [0.15, 0.2) is 4.99 Å². The van der Waals surface area contributed by atoms with Gasteiger partial charge in [0.25, 0.3) is 0 Å². The number of nitrogens with one attached hydrogen (secondary N) is 2. The fourth-order valence-electron chi connectivity index (χ4n) is 0.978. The third-order valence-corrected chi connectivity index (χ3v) is 3.49. The first-order chi connectivity index (χ1) is 6.47. The Kier molecular flexibility index (Phi) is 4.21. The lowest BCUT2D eigenvalue weighted by atomic mass is 10.4. The molecular formula is C7H15N3O2S2. The Hall–Kier alpha value is -0.270. The van der Waals surface area contributed by atoms with E-state index in [4.69, 9.17) is 0 Å². The molecule has 5 nitrogen and oxygen atoms in total. The van der Waals surface area contributed by atoms with Gasteiger partial charge in [0.05, 0.1) is 12.8 Å². The van der Waals surface area contributed by atoms with E-state index in [0.717, 1.165) is 17.2 Å². The Balaban J connectivity index is 2.21. The lowest BCUT2D eigenvalue weighted by Gasteiger charge is -2.01. The molecule has 0 aromatic rings. The molecule has 1 rings (SSSR count). The van der Waals surface area contributed by atoms with Gasteiger partial charge in [0, 0.05) is 18.3 Å². The largest absolute Gasteiger partial charge is 0.362 e. The number of hydrogen-bond donors (Lipinski definition) is 2. The highest BCUT2D eigenvalue weighted by molar-refractivity contribution is 8.14. The summed E-state index contributed by atoms with van der Waals surface area (Å²) in [7, 11) is -3.08. The SMILES string of the molecule is CC1CSC(=NCCNS(C)(=O)=O)N1. The number of amidine groups is 1. The van der Waals surface area contributed by atoms with E-state index in [1.807, 2.05) is 0 Å². The van der Waals surface area contributed by atoms with E-state index in [1.54, 1.807) is 11.8 Å². The molecule has 0 aliphatic carbocycles. The normalized spacial score (nSPS) is 25.3. The molecular weight excluding hydrogens is 222 g/mol. The molecule has 2 N–H and O–H groups in total. The van der Waals surface area contributed by atoms with E-state index in [9.17, 15) is 8.42 Å². The first-order valence-electron chi connectivity index (χ1n) is 4.36. The van der Waals surface area contributed by atoms with Crippen LogP contribution in [0.3, 0.4) is 0 Å². The average molecular weight is 237 g/mol. The van der Waals surface area contributed by atoms with E-state index in [1.165, 1.54) is 0 Å². The molecule has 14 heavy (non-hydrogen) atoms. The molecule has 1 aliphatic heterocycles. The van der Waals surface area contributed by atoms with Gasteiger partial charge in [-0.1, -0.05) is 11.8 Å². The maximum Gasteiger partial charge on any atom is 0.208 e. The van der Waals surface area contributed by atoms with Crippen molar-refractivity contribution in [3.8, 4) is 0 Å². The number of sulfonamides is 1. The van der Waals surface area contributed by atoms with Gasteiger partial charge in [-0.05, 0) is 6.92 Å². The van der Waals surface area contributed by atoms with Gasteiger partial charge in [-0.3, -0.25) is 4.99 Å². The number of hydrogen-bond acceptors (Lipinski definition) is 4. The van der Waals surface area contributed by atoms with Crippen LogP contribution >= 0.6 is 11.8 Å². The van der Waals surface area contributed by atoms with Crippen LogP contribution < -0.4 is 10.0 Å². The molecule has 0 bridgehead atoms. The van der Waals surface area contributed by atoms with Crippen LogP contribution in [0.4, 0.5) is 0 Å². The Morgan fingerprint density at radius 2 is 2.43 bits per heavy atom. The molecule has 1 atom stereocenters. The van der Waals surface area contributed by atoms with Gasteiger partial charge < -0.3 is 5.32 Å². The van der Waals surface area contributed by atoms with Gasteiger partial charge in [0.15, 0.2) is 5.17 Å². The molecule has 7 heteroatoms. The average Bonchev–Trinajstić information content (AvgIpc) is 2.44. The summed E-state index contributed by atoms with van der Waals surface area (Å²) in [6.45, 7) is 2.93. The highest BCUT2D eigenvalue weighted by Crippen LogP contribution is 2.12. The third-order valence-electron chi connectivity index (χ3n) is 1.57. The predicted octanol–water partition coefficient (Wildman–Crippen LogP) is -0.383. The van der Waals surface area contributed by atoms with Crippen molar-refractivity contribution in [2.45, 2.75) is 13.0 Å². The topological polar surface area (TPSA) is 70.6 Å². The summed E-state index contributed by atoms with van der Waals surface area (Å²) < 4.78 is 23.8. The van der Waals surface area contributed by atoms with Crippen molar-refractivity contribution in [2.75, 3.05) is 25.1 Å². The van der Waals surface area contributed by atoms with Crippen LogP contribution in [0.1, 0.15) is 6.92 Å². The van der Waals surface area contributed by atoms with Crippen molar-refractivity contribution in [1.82, 2.24) is 10.0 Å².